The summed E-state index contributed by atoms with van der Waals surface area (Å²) < 4.78 is 0. The maximum atomic E-state index is 12.5. The van der Waals surface area contributed by atoms with Gasteiger partial charge in [-0.3, -0.25) is 4.79 Å². The van der Waals surface area contributed by atoms with Gasteiger partial charge in [0.2, 0.25) is 5.91 Å². The minimum absolute atomic E-state index is 0.0132. The minimum Gasteiger partial charge on any atom is -0.394 e. The summed E-state index contributed by atoms with van der Waals surface area (Å²) in [5, 5.41) is 33.4. The third kappa shape index (κ3) is 47.9. The van der Waals surface area contributed by atoms with Crippen molar-refractivity contribution in [2.75, 3.05) is 6.61 Å². The van der Waals surface area contributed by atoms with Gasteiger partial charge in [0.25, 0.3) is 0 Å². The SMILES string of the molecule is CCCCCCCCCCC/C=C\C/C=C\CCCCCCCCCCCCCC(O)CC(=O)NC(CO)C(O)/C=C/CCCCCCCCCCCCCCCCCCC. The molecule has 1 amide bonds. The maximum Gasteiger partial charge on any atom is 0.222 e. The van der Waals surface area contributed by atoms with Crippen LogP contribution in [0, 0.1) is 0 Å². The second-order valence-corrected chi connectivity index (χ2v) is 18.8. The fraction of sp³-hybridized carbons (Fsp3) is 0.875. The van der Waals surface area contributed by atoms with Gasteiger partial charge in [-0.2, -0.15) is 0 Å². The van der Waals surface area contributed by atoms with Gasteiger partial charge in [0.1, 0.15) is 0 Å². The molecule has 360 valence electrons. The lowest BCUT2D eigenvalue weighted by atomic mass is 10.0. The van der Waals surface area contributed by atoms with Crippen molar-refractivity contribution in [3.63, 3.8) is 0 Å². The van der Waals surface area contributed by atoms with E-state index in [-0.39, 0.29) is 18.9 Å². The van der Waals surface area contributed by atoms with Crippen LogP contribution in [0.5, 0.6) is 0 Å². The van der Waals surface area contributed by atoms with E-state index < -0.39 is 18.2 Å². The number of aliphatic hydroxyl groups excluding tert-OH is 3. The quantitative estimate of drug-likeness (QED) is 0.0362. The zero-order chi connectivity index (χ0) is 44.4. The van der Waals surface area contributed by atoms with E-state index in [9.17, 15) is 20.1 Å². The molecule has 0 saturated heterocycles. The van der Waals surface area contributed by atoms with Crippen molar-refractivity contribution in [1.82, 2.24) is 5.32 Å². The highest BCUT2D eigenvalue weighted by Crippen LogP contribution is 2.17. The first-order valence-electron chi connectivity index (χ1n) is 27.3. The molecule has 0 aliphatic carbocycles. The molecule has 0 rings (SSSR count). The summed E-state index contributed by atoms with van der Waals surface area (Å²) >= 11 is 0. The Bertz CT molecular complexity index is 947. The van der Waals surface area contributed by atoms with E-state index in [1.165, 1.54) is 231 Å². The molecule has 5 nitrogen and oxygen atoms in total. The predicted molar refractivity (Wildman–Crippen MR) is 268 cm³/mol. The Hall–Kier alpha value is -1.43. The number of aliphatic hydroxyl groups is 3. The van der Waals surface area contributed by atoms with E-state index >= 15 is 0 Å². The molecule has 61 heavy (non-hydrogen) atoms. The van der Waals surface area contributed by atoms with Gasteiger partial charge in [-0.1, -0.05) is 269 Å². The number of hydrogen-bond acceptors (Lipinski definition) is 4. The van der Waals surface area contributed by atoms with Crippen LogP contribution in [0.2, 0.25) is 0 Å². The topological polar surface area (TPSA) is 89.8 Å². The van der Waals surface area contributed by atoms with Crippen LogP contribution in [0.25, 0.3) is 0 Å². The van der Waals surface area contributed by atoms with E-state index in [1.807, 2.05) is 6.08 Å². The van der Waals surface area contributed by atoms with Crippen molar-refractivity contribution in [3.05, 3.63) is 36.5 Å². The van der Waals surface area contributed by atoms with Gasteiger partial charge in [0.05, 0.1) is 31.3 Å². The molecule has 0 aromatic heterocycles. The van der Waals surface area contributed by atoms with Gasteiger partial charge in [-0.05, 0) is 51.4 Å². The fourth-order valence-corrected chi connectivity index (χ4v) is 8.49. The first-order valence-corrected chi connectivity index (χ1v) is 27.3. The molecule has 0 aliphatic heterocycles. The molecule has 0 fully saturated rings. The molecule has 0 heterocycles. The summed E-state index contributed by atoms with van der Waals surface area (Å²) in [5.74, 6) is -0.314. The van der Waals surface area contributed by atoms with E-state index in [1.54, 1.807) is 6.08 Å². The van der Waals surface area contributed by atoms with Crippen molar-refractivity contribution in [2.24, 2.45) is 0 Å². The molecule has 0 radical (unpaired) electrons. The molecule has 3 unspecified atom stereocenters. The van der Waals surface area contributed by atoms with E-state index in [2.05, 4.69) is 43.5 Å². The normalized spacial score (nSPS) is 13.6. The lowest BCUT2D eigenvalue weighted by molar-refractivity contribution is -0.124. The summed E-state index contributed by atoms with van der Waals surface area (Å²) in [7, 11) is 0. The van der Waals surface area contributed by atoms with Crippen LogP contribution in [0.1, 0.15) is 290 Å². The number of allylic oxidation sites excluding steroid dienone is 5. The first-order chi connectivity index (χ1) is 30.0. The maximum absolute atomic E-state index is 12.5. The van der Waals surface area contributed by atoms with E-state index in [0.717, 1.165) is 32.1 Å². The molecule has 4 N–H and O–H groups in total. The summed E-state index contributed by atoms with van der Waals surface area (Å²) in [6.45, 7) is 4.24. The number of carbonyl (C=O) groups is 1. The number of unbranched alkanes of at least 4 members (excludes halogenated alkanes) is 37. The number of amides is 1. The van der Waals surface area contributed by atoms with Crippen LogP contribution in [0.4, 0.5) is 0 Å². The molecular formula is C56H107NO4. The largest absolute Gasteiger partial charge is 0.394 e. The Labute approximate surface area is 381 Å². The highest BCUT2D eigenvalue weighted by molar-refractivity contribution is 5.76. The Morgan fingerprint density at radius 1 is 0.426 bits per heavy atom. The smallest absolute Gasteiger partial charge is 0.222 e. The monoisotopic (exact) mass is 858 g/mol. The van der Waals surface area contributed by atoms with E-state index in [0.29, 0.717) is 6.42 Å². The third-order valence-electron chi connectivity index (χ3n) is 12.7. The Balaban J connectivity index is 3.58. The summed E-state index contributed by atoms with van der Waals surface area (Å²) in [6.07, 6.45) is 66.1. The van der Waals surface area contributed by atoms with Gasteiger partial charge in [0.15, 0.2) is 0 Å². The summed E-state index contributed by atoms with van der Waals surface area (Å²) in [4.78, 5) is 12.5. The Morgan fingerprint density at radius 3 is 1.08 bits per heavy atom. The van der Waals surface area contributed by atoms with Crippen molar-refractivity contribution in [2.45, 2.75) is 308 Å². The fourth-order valence-electron chi connectivity index (χ4n) is 8.49. The second-order valence-electron chi connectivity index (χ2n) is 18.8. The number of carbonyl (C=O) groups excluding carboxylic acids is 1. The molecule has 3 atom stereocenters. The second kappa shape index (κ2) is 51.2. The van der Waals surface area contributed by atoms with Crippen LogP contribution >= 0.6 is 0 Å². The lowest BCUT2D eigenvalue weighted by Gasteiger charge is -2.21. The first kappa shape index (κ1) is 59.6. The highest BCUT2D eigenvalue weighted by Gasteiger charge is 2.20. The molecular weight excluding hydrogens is 751 g/mol. The van der Waals surface area contributed by atoms with Crippen LogP contribution in [-0.2, 0) is 4.79 Å². The number of nitrogens with one attached hydrogen (secondary N) is 1. The van der Waals surface area contributed by atoms with Gasteiger partial charge in [-0.25, -0.2) is 0 Å². The van der Waals surface area contributed by atoms with Gasteiger partial charge in [0, 0.05) is 0 Å². The minimum atomic E-state index is -0.930. The zero-order valence-electron chi connectivity index (χ0n) is 41.1. The molecule has 0 bridgehead atoms. The predicted octanol–water partition coefficient (Wildman–Crippen LogP) is 16.7. The lowest BCUT2D eigenvalue weighted by Crippen LogP contribution is -2.45. The standard InChI is InChI=1S/C56H107NO4/c1-3-5-7-9-11-13-15-17-19-21-23-24-25-26-27-28-29-30-32-33-35-37-39-41-43-45-47-49-53(59)51-56(61)57-54(52-58)55(60)50-48-46-44-42-40-38-36-34-31-22-20-18-16-14-12-10-8-6-4-2/h23-24,26-27,48,50,53-55,58-60H,3-22,25,28-47,49,51-52H2,1-2H3,(H,57,61)/b24-23-,27-26-,50-48+. The molecule has 0 aromatic carbocycles. The Morgan fingerprint density at radius 2 is 0.738 bits per heavy atom. The average molecular weight is 858 g/mol. The average Bonchev–Trinajstić information content (AvgIpc) is 3.25. The van der Waals surface area contributed by atoms with Crippen molar-refractivity contribution >= 4 is 5.91 Å². The highest BCUT2D eigenvalue weighted by atomic mass is 16.3. The van der Waals surface area contributed by atoms with Crippen molar-refractivity contribution in [3.8, 4) is 0 Å². The zero-order valence-corrected chi connectivity index (χ0v) is 41.1. The van der Waals surface area contributed by atoms with Crippen molar-refractivity contribution in [1.29, 1.82) is 0 Å². The number of rotatable bonds is 50. The molecule has 0 aliphatic rings. The van der Waals surface area contributed by atoms with Crippen LogP contribution < -0.4 is 5.32 Å². The Kier molecular flexibility index (Phi) is 50.0. The summed E-state index contributed by atoms with van der Waals surface area (Å²) in [6, 6.07) is -0.745. The van der Waals surface area contributed by atoms with Crippen LogP contribution in [0.15, 0.2) is 36.5 Å². The molecule has 0 saturated carbocycles. The van der Waals surface area contributed by atoms with Gasteiger partial charge in [-0.15, -0.1) is 0 Å². The van der Waals surface area contributed by atoms with Crippen LogP contribution in [-0.4, -0.2) is 46.1 Å². The van der Waals surface area contributed by atoms with Crippen LogP contribution in [0.3, 0.4) is 0 Å². The van der Waals surface area contributed by atoms with E-state index in [4.69, 9.17) is 0 Å². The van der Waals surface area contributed by atoms with Gasteiger partial charge >= 0.3 is 0 Å². The molecule has 0 aromatic rings. The van der Waals surface area contributed by atoms with Gasteiger partial charge < -0.3 is 20.6 Å². The third-order valence-corrected chi connectivity index (χ3v) is 12.7. The van der Waals surface area contributed by atoms with Crippen molar-refractivity contribution < 1.29 is 20.1 Å². The molecule has 0 spiro atoms. The number of hydrogen-bond donors (Lipinski definition) is 4. The summed E-state index contributed by atoms with van der Waals surface area (Å²) in [5.41, 5.74) is 0. The molecule has 5 heteroatoms.